The minimum Gasteiger partial charge on any atom is -0.123 e. The number of hydrogen-bond acceptors (Lipinski definition) is 0. The van der Waals surface area contributed by atoms with Gasteiger partial charge in [-0.05, 0) is 54.6 Å². The maximum absolute atomic E-state index is 4.29. The molecule has 2 nitrogen and oxygen atoms in total. The monoisotopic (exact) mass is 440 g/mol. The maximum Gasteiger partial charge on any atom is 0.351 e. The second kappa shape index (κ2) is 7.50. The first-order valence-electron chi connectivity index (χ1n) is 11.8. The molecule has 1 aliphatic carbocycles. The van der Waals surface area contributed by atoms with Gasteiger partial charge in [-0.1, -0.05) is 61.7 Å². The van der Waals surface area contributed by atoms with Crippen LogP contribution in [0.15, 0.2) is 98.1 Å². The average Bonchev–Trinajstić information content (AvgIpc) is 3.32. The molecule has 4 aromatic rings. The van der Waals surface area contributed by atoms with Gasteiger partial charge in [0.2, 0.25) is 11.4 Å². The molecule has 4 aromatic carbocycles. The van der Waals surface area contributed by atoms with Crippen molar-refractivity contribution in [1.29, 1.82) is 0 Å². The van der Waals surface area contributed by atoms with Crippen molar-refractivity contribution in [2.24, 2.45) is 0 Å². The molecule has 1 aliphatic heterocycles. The molecule has 0 saturated heterocycles. The topological polar surface area (TPSA) is 6.02 Å². The first kappa shape index (κ1) is 20.6. The van der Waals surface area contributed by atoms with Gasteiger partial charge < -0.3 is 0 Å². The summed E-state index contributed by atoms with van der Waals surface area (Å²) in [5.41, 5.74) is 12.0. The summed E-state index contributed by atoms with van der Waals surface area (Å²) in [6, 6.07) is 30.6. The lowest BCUT2D eigenvalue weighted by atomic mass is 10.0. The van der Waals surface area contributed by atoms with Crippen molar-refractivity contribution in [3.8, 4) is 0 Å². The lowest BCUT2D eigenvalue weighted by molar-refractivity contribution is -0.687. The van der Waals surface area contributed by atoms with Gasteiger partial charge in [0.15, 0.2) is 0 Å². The molecule has 0 spiro atoms. The predicted molar refractivity (Wildman–Crippen MR) is 144 cm³/mol. The number of rotatable bonds is 4. The van der Waals surface area contributed by atoms with E-state index < -0.39 is 0 Å². The highest BCUT2D eigenvalue weighted by molar-refractivity contribution is 6.58. The second-order valence-electron chi connectivity index (χ2n) is 9.37. The number of hydrogen-bond donors (Lipinski definition) is 0. The smallest absolute Gasteiger partial charge is 0.123 e. The van der Waals surface area contributed by atoms with Crippen LogP contribution < -0.4 is 0 Å². The Kier molecular flexibility index (Phi) is 4.53. The fourth-order valence-corrected chi connectivity index (χ4v) is 5.70. The van der Waals surface area contributed by atoms with Gasteiger partial charge in [0.1, 0.15) is 0 Å². The summed E-state index contributed by atoms with van der Waals surface area (Å²) in [5.74, 6) is 0. The molecule has 0 unspecified atom stereocenters. The van der Waals surface area contributed by atoms with E-state index in [0.717, 1.165) is 11.1 Å². The third-order valence-electron chi connectivity index (χ3n) is 7.12. The molecule has 6 rings (SSSR count). The molecule has 34 heavy (non-hydrogen) atoms. The SMILES string of the molecule is C=C(C)c1ccccc1[N+]1=C2C(=[N+](c3ccccc3C(=C)C)C1C)c1cccc3cccc2c13. The van der Waals surface area contributed by atoms with Crippen LogP contribution >= 0.6 is 0 Å². The van der Waals surface area contributed by atoms with Crippen molar-refractivity contribution < 1.29 is 9.15 Å². The number of para-hydroxylation sites is 2. The zero-order valence-electron chi connectivity index (χ0n) is 20.0. The van der Waals surface area contributed by atoms with E-state index in [1.807, 2.05) is 0 Å². The van der Waals surface area contributed by atoms with Gasteiger partial charge in [0.05, 0.1) is 18.1 Å². The molecule has 0 saturated carbocycles. The van der Waals surface area contributed by atoms with Crippen LogP contribution in [0, 0.1) is 0 Å². The van der Waals surface area contributed by atoms with Gasteiger partial charge >= 0.3 is 6.17 Å². The lowest BCUT2D eigenvalue weighted by Gasteiger charge is -2.12. The van der Waals surface area contributed by atoms with Crippen molar-refractivity contribution in [2.75, 3.05) is 0 Å². The molecule has 2 aliphatic rings. The standard InChI is InChI=1S/C32H28N2/c1-20(2)24-14-6-8-18-28(24)33-22(5)34(29-19-9-7-15-25(29)21(3)4)32-27-17-11-13-23-12-10-16-26(30(23)27)31(32)33/h6-19,22H,1,3H2,2,4-5H3/q+2. The lowest BCUT2D eigenvalue weighted by Crippen LogP contribution is -2.27. The quantitative estimate of drug-likeness (QED) is 0.289. The van der Waals surface area contributed by atoms with Crippen molar-refractivity contribution in [3.63, 3.8) is 0 Å². The van der Waals surface area contributed by atoms with Crippen LogP contribution in [0.5, 0.6) is 0 Å². The molecule has 0 N–H and O–H groups in total. The minimum absolute atomic E-state index is 0.0783. The van der Waals surface area contributed by atoms with Crippen molar-refractivity contribution in [3.05, 3.63) is 120 Å². The van der Waals surface area contributed by atoms with Crippen LogP contribution in [0.2, 0.25) is 0 Å². The summed E-state index contributed by atoms with van der Waals surface area (Å²) >= 11 is 0. The second-order valence-corrected chi connectivity index (χ2v) is 9.37. The molecular weight excluding hydrogens is 412 g/mol. The summed E-state index contributed by atoms with van der Waals surface area (Å²) in [4.78, 5) is 0. The molecule has 0 radical (unpaired) electrons. The van der Waals surface area contributed by atoms with E-state index in [4.69, 9.17) is 0 Å². The molecule has 2 heteroatoms. The van der Waals surface area contributed by atoms with Crippen molar-refractivity contribution in [2.45, 2.75) is 26.9 Å². The van der Waals surface area contributed by atoms with Crippen LogP contribution in [-0.2, 0) is 0 Å². The third-order valence-corrected chi connectivity index (χ3v) is 7.12. The van der Waals surface area contributed by atoms with Crippen LogP contribution in [0.3, 0.4) is 0 Å². The largest absolute Gasteiger partial charge is 0.351 e. The third kappa shape index (κ3) is 2.75. The van der Waals surface area contributed by atoms with Crippen LogP contribution in [0.1, 0.15) is 43.0 Å². The Morgan fingerprint density at radius 3 is 1.50 bits per heavy atom. The van der Waals surface area contributed by atoms with Crippen molar-refractivity contribution in [1.82, 2.24) is 0 Å². The molecule has 0 bridgehead atoms. The number of nitrogens with zero attached hydrogens (tertiary/aromatic N) is 2. The first-order chi connectivity index (χ1) is 16.5. The van der Waals surface area contributed by atoms with Crippen molar-refractivity contribution >= 4 is 44.7 Å². The zero-order valence-corrected chi connectivity index (χ0v) is 20.0. The van der Waals surface area contributed by atoms with Gasteiger partial charge in [0, 0.05) is 28.6 Å². The van der Waals surface area contributed by atoms with Gasteiger partial charge in [-0.2, -0.15) is 0 Å². The summed E-state index contributed by atoms with van der Waals surface area (Å²) in [6.45, 7) is 15.1. The molecule has 0 fully saturated rings. The molecule has 1 heterocycles. The Morgan fingerprint density at radius 2 is 1.06 bits per heavy atom. The Morgan fingerprint density at radius 1 is 0.618 bits per heavy atom. The maximum atomic E-state index is 4.29. The van der Waals surface area contributed by atoms with E-state index in [1.165, 1.54) is 55.8 Å². The van der Waals surface area contributed by atoms with E-state index in [1.54, 1.807) is 0 Å². The highest BCUT2D eigenvalue weighted by Crippen LogP contribution is 2.41. The minimum atomic E-state index is 0.0783. The number of benzene rings is 4. The van der Waals surface area contributed by atoms with Crippen LogP contribution in [0.4, 0.5) is 11.4 Å². The molecule has 0 amide bonds. The van der Waals surface area contributed by atoms with Gasteiger partial charge in [0.25, 0.3) is 11.4 Å². The zero-order chi connectivity index (χ0) is 23.6. The Bertz CT molecular complexity index is 1500. The highest BCUT2D eigenvalue weighted by atomic mass is 15.3. The summed E-state index contributed by atoms with van der Waals surface area (Å²) in [6.07, 6.45) is 0.0783. The summed E-state index contributed by atoms with van der Waals surface area (Å²) < 4.78 is 5.01. The molecule has 0 atom stereocenters. The summed E-state index contributed by atoms with van der Waals surface area (Å²) in [7, 11) is 0. The van der Waals surface area contributed by atoms with E-state index in [0.29, 0.717) is 0 Å². The van der Waals surface area contributed by atoms with Crippen LogP contribution in [0.25, 0.3) is 21.9 Å². The average molecular weight is 441 g/mol. The van der Waals surface area contributed by atoms with Gasteiger partial charge in [-0.3, -0.25) is 0 Å². The first-order valence-corrected chi connectivity index (χ1v) is 11.8. The molecular formula is C32H28N2+2. The number of allylic oxidation sites excluding steroid dienone is 2. The number of fused-ring (bicyclic) bond motifs is 3. The van der Waals surface area contributed by atoms with Crippen LogP contribution in [-0.4, -0.2) is 26.7 Å². The van der Waals surface area contributed by atoms with Gasteiger partial charge in [-0.25, -0.2) is 0 Å². The summed E-state index contributed by atoms with van der Waals surface area (Å²) in [5, 5.41) is 2.61. The molecule has 0 aromatic heterocycles. The van der Waals surface area contributed by atoms with E-state index in [9.17, 15) is 0 Å². The van der Waals surface area contributed by atoms with Gasteiger partial charge in [-0.15, -0.1) is 9.15 Å². The van der Waals surface area contributed by atoms with E-state index in [-0.39, 0.29) is 6.17 Å². The fourth-order valence-electron chi connectivity index (χ4n) is 5.70. The molecule has 164 valence electrons. The fraction of sp³-hybridized carbons (Fsp3) is 0.125. The normalized spacial score (nSPS) is 14.8. The predicted octanol–water partition coefficient (Wildman–Crippen LogP) is 7.55. The highest BCUT2D eigenvalue weighted by Gasteiger charge is 2.53. The Balaban J connectivity index is 1.76. The Labute approximate surface area is 201 Å². The Hall–Kier alpha value is -4.04. The van der Waals surface area contributed by atoms with E-state index in [2.05, 4.69) is 128 Å². The van der Waals surface area contributed by atoms with E-state index >= 15 is 0 Å².